The Kier molecular flexibility index (Phi) is 6.13. The maximum absolute atomic E-state index is 12.9. The molecule has 8 heteroatoms. The molecule has 0 spiro atoms. The molecule has 4 rings (SSSR count). The standard InChI is InChI=1S/C22H27N5O2S/c1-14-20(21(28)24-16-9-6-4-5-7-10-16)30-22(23-14)19-15(2)27(26-25-19)17-11-8-12-18(13-17)29-3/h8,11-13,16H,4-7,9-10H2,1-3H3,(H,24,28). The summed E-state index contributed by atoms with van der Waals surface area (Å²) in [6.07, 6.45) is 7.01. The zero-order chi connectivity index (χ0) is 21.1. The number of benzene rings is 1. The molecule has 158 valence electrons. The molecular weight excluding hydrogens is 398 g/mol. The van der Waals surface area contributed by atoms with Gasteiger partial charge >= 0.3 is 0 Å². The van der Waals surface area contributed by atoms with Crippen LogP contribution < -0.4 is 10.1 Å². The zero-order valence-corrected chi connectivity index (χ0v) is 18.5. The Balaban J connectivity index is 1.57. The second-order valence-electron chi connectivity index (χ2n) is 7.73. The number of carbonyl (C=O) groups excluding carboxylic acids is 1. The number of rotatable bonds is 5. The van der Waals surface area contributed by atoms with Gasteiger partial charge in [0, 0.05) is 12.1 Å². The van der Waals surface area contributed by atoms with E-state index in [-0.39, 0.29) is 11.9 Å². The van der Waals surface area contributed by atoms with Crippen LogP contribution >= 0.6 is 11.3 Å². The quantitative estimate of drug-likeness (QED) is 0.610. The van der Waals surface area contributed by atoms with E-state index >= 15 is 0 Å². The van der Waals surface area contributed by atoms with Crippen LogP contribution in [-0.2, 0) is 0 Å². The molecule has 0 aliphatic heterocycles. The molecule has 1 amide bonds. The highest BCUT2D eigenvalue weighted by atomic mass is 32.1. The summed E-state index contributed by atoms with van der Waals surface area (Å²) in [5.74, 6) is 0.729. The number of aryl methyl sites for hydroxylation is 1. The number of hydrogen-bond acceptors (Lipinski definition) is 6. The topological polar surface area (TPSA) is 81.9 Å². The smallest absolute Gasteiger partial charge is 0.263 e. The molecule has 30 heavy (non-hydrogen) atoms. The van der Waals surface area contributed by atoms with Crippen molar-refractivity contribution in [3.63, 3.8) is 0 Å². The van der Waals surface area contributed by atoms with Crippen molar-refractivity contribution >= 4 is 17.2 Å². The van der Waals surface area contributed by atoms with E-state index in [1.807, 2.05) is 38.1 Å². The number of amides is 1. The first-order valence-corrected chi connectivity index (χ1v) is 11.2. The summed E-state index contributed by atoms with van der Waals surface area (Å²) in [6.45, 7) is 3.83. The van der Waals surface area contributed by atoms with Crippen LogP contribution in [0.2, 0.25) is 0 Å². The molecule has 1 N–H and O–H groups in total. The van der Waals surface area contributed by atoms with Gasteiger partial charge < -0.3 is 10.1 Å². The first-order chi connectivity index (χ1) is 14.6. The Morgan fingerprint density at radius 2 is 1.97 bits per heavy atom. The molecule has 0 atom stereocenters. The number of thiazole rings is 1. The second-order valence-corrected chi connectivity index (χ2v) is 8.73. The summed E-state index contributed by atoms with van der Waals surface area (Å²) in [4.78, 5) is 18.2. The molecule has 2 heterocycles. The first-order valence-electron chi connectivity index (χ1n) is 10.4. The van der Waals surface area contributed by atoms with Gasteiger partial charge in [-0.2, -0.15) is 0 Å². The molecule has 1 fully saturated rings. The summed E-state index contributed by atoms with van der Waals surface area (Å²) in [5, 5.41) is 12.6. The third-order valence-electron chi connectivity index (χ3n) is 5.59. The fourth-order valence-corrected chi connectivity index (χ4v) is 4.90. The number of hydrogen-bond donors (Lipinski definition) is 1. The van der Waals surface area contributed by atoms with Crippen molar-refractivity contribution in [2.75, 3.05) is 7.11 Å². The van der Waals surface area contributed by atoms with Crippen LogP contribution in [0, 0.1) is 13.8 Å². The van der Waals surface area contributed by atoms with Crippen LogP contribution in [-0.4, -0.2) is 39.0 Å². The number of ether oxygens (including phenoxy) is 1. The van der Waals surface area contributed by atoms with Gasteiger partial charge in [0.1, 0.15) is 21.3 Å². The van der Waals surface area contributed by atoms with Gasteiger partial charge in [-0.1, -0.05) is 37.0 Å². The van der Waals surface area contributed by atoms with Gasteiger partial charge in [-0.25, -0.2) is 9.67 Å². The number of nitrogens with one attached hydrogen (secondary N) is 1. The van der Waals surface area contributed by atoms with E-state index in [1.165, 1.54) is 37.0 Å². The third-order valence-corrected chi connectivity index (χ3v) is 6.75. The van der Waals surface area contributed by atoms with Crippen molar-refractivity contribution in [2.24, 2.45) is 0 Å². The number of methoxy groups -OCH3 is 1. The Morgan fingerprint density at radius 3 is 2.70 bits per heavy atom. The van der Waals surface area contributed by atoms with E-state index in [9.17, 15) is 4.79 Å². The fraction of sp³-hybridized carbons (Fsp3) is 0.455. The van der Waals surface area contributed by atoms with E-state index in [1.54, 1.807) is 11.8 Å². The molecule has 1 saturated carbocycles. The third kappa shape index (κ3) is 4.23. The average Bonchev–Trinajstić information content (AvgIpc) is 3.21. The lowest BCUT2D eigenvalue weighted by Crippen LogP contribution is -2.34. The predicted molar refractivity (Wildman–Crippen MR) is 117 cm³/mol. The summed E-state index contributed by atoms with van der Waals surface area (Å²) in [6, 6.07) is 7.93. The lowest BCUT2D eigenvalue weighted by molar-refractivity contribution is 0.0936. The molecule has 2 aromatic heterocycles. The summed E-state index contributed by atoms with van der Waals surface area (Å²) < 4.78 is 7.07. The Labute approximate surface area is 180 Å². The Hall–Kier alpha value is -2.74. The predicted octanol–water partition coefficient (Wildman–Crippen LogP) is 4.47. The minimum absolute atomic E-state index is 0.0269. The second kappa shape index (κ2) is 8.95. The highest BCUT2D eigenvalue weighted by molar-refractivity contribution is 7.17. The minimum Gasteiger partial charge on any atom is -0.497 e. The molecule has 1 aliphatic rings. The molecule has 7 nitrogen and oxygen atoms in total. The van der Waals surface area contributed by atoms with Crippen molar-refractivity contribution in [1.29, 1.82) is 0 Å². The number of carbonyl (C=O) groups is 1. The Morgan fingerprint density at radius 1 is 1.20 bits per heavy atom. The van der Waals surface area contributed by atoms with Crippen LogP contribution in [0.5, 0.6) is 5.75 Å². The summed E-state index contributed by atoms with van der Waals surface area (Å²) >= 11 is 1.38. The van der Waals surface area contributed by atoms with E-state index in [4.69, 9.17) is 4.74 Å². The van der Waals surface area contributed by atoms with Crippen molar-refractivity contribution in [2.45, 2.75) is 58.4 Å². The zero-order valence-electron chi connectivity index (χ0n) is 17.6. The highest BCUT2D eigenvalue weighted by Gasteiger charge is 2.23. The highest BCUT2D eigenvalue weighted by Crippen LogP contribution is 2.30. The lowest BCUT2D eigenvalue weighted by Gasteiger charge is -2.15. The molecule has 1 aliphatic carbocycles. The molecule has 0 saturated heterocycles. The maximum Gasteiger partial charge on any atom is 0.263 e. The molecule has 0 bridgehead atoms. The monoisotopic (exact) mass is 425 g/mol. The van der Waals surface area contributed by atoms with Gasteiger partial charge in [0.25, 0.3) is 5.91 Å². The van der Waals surface area contributed by atoms with Gasteiger partial charge in [-0.15, -0.1) is 16.4 Å². The summed E-state index contributed by atoms with van der Waals surface area (Å²) in [7, 11) is 1.64. The lowest BCUT2D eigenvalue weighted by atomic mass is 10.1. The van der Waals surface area contributed by atoms with Crippen LogP contribution in [0.1, 0.15) is 59.6 Å². The fourth-order valence-electron chi connectivity index (χ4n) is 3.90. The minimum atomic E-state index is -0.0269. The van der Waals surface area contributed by atoms with E-state index in [0.717, 1.165) is 35.7 Å². The van der Waals surface area contributed by atoms with Crippen LogP contribution in [0.15, 0.2) is 24.3 Å². The van der Waals surface area contributed by atoms with Gasteiger partial charge in [-0.05, 0) is 38.8 Å². The molecule has 3 aromatic rings. The molecule has 1 aromatic carbocycles. The SMILES string of the molecule is COc1cccc(-n2nnc(-c3nc(C)c(C(=O)NC4CCCCCC4)s3)c2C)c1. The molecular formula is C22H27N5O2S. The van der Waals surface area contributed by atoms with Crippen molar-refractivity contribution < 1.29 is 9.53 Å². The maximum atomic E-state index is 12.9. The summed E-state index contributed by atoms with van der Waals surface area (Å²) in [5.41, 5.74) is 3.16. The van der Waals surface area contributed by atoms with Crippen LogP contribution in [0.4, 0.5) is 0 Å². The van der Waals surface area contributed by atoms with Gasteiger partial charge in [0.15, 0.2) is 0 Å². The van der Waals surface area contributed by atoms with Crippen LogP contribution in [0.25, 0.3) is 16.4 Å². The largest absolute Gasteiger partial charge is 0.497 e. The van der Waals surface area contributed by atoms with Crippen molar-refractivity contribution in [3.05, 3.63) is 40.5 Å². The van der Waals surface area contributed by atoms with Crippen LogP contribution in [0.3, 0.4) is 0 Å². The number of aromatic nitrogens is 4. The van der Waals surface area contributed by atoms with Crippen molar-refractivity contribution in [1.82, 2.24) is 25.3 Å². The molecule has 0 radical (unpaired) electrons. The van der Waals surface area contributed by atoms with Crippen molar-refractivity contribution in [3.8, 4) is 22.1 Å². The Bertz CT molecular complexity index is 1030. The van der Waals surface area contributed by atoms with E-state index in [0.29, 0.717) is 15.6 Å². The number of nitrogens with zero attached hydrogens (tertiary/aromatic N) is 4. The van der Waals surface area contributed by atoms with Gasteiger partial charge in [-0.3, -0.25) is 4.79 Å². The first kappa shape index (κ1) is 20.5. The van der Waals surface area contributed by atoms with E-state index < -0.39 is 0 Å². The van der Waals surface area contributed by atoms with Gasteiger partial charge in [0.05, 0.1) is 24.2 Å². The normalized spacial score (nSPS) is 15.0. The van der Waals surface area contributed by atoms with E-state index in [2.05, 4.69) is 20.6 Å². The van der Waals surface area contributed by atoms with Gasteiger partial charge in [0.2, 0.25) is 0 Å². The molecule has 0 unspecified atom stereocenters. The average molecular weight is 426 g/mol.